The van der Waals surface area contributed by atoms with Crippen LogP contribution in [-0.4, -0.2) is 17.4 Å². The minimum absolute atomic E-state index is 0.129. The monoisotopic (exact) mass is 281 g/mol. The summed E-state index contributed by atoms with van der Waals surface area (Å²) in [7, 11) is 0. The minimum Gasteiger partial charge on any atom is -0.338 e. The maximum Gasteiger partial charge on any atom is 0.223 e. The van der Waals surface area contributed by atoms with Gasteiger partial charge in [0.1, 0.15) is 5.82 Å². The van der Waals surface area contributed by atoms with Gasteiger partial charge in [-0.2, -0.15) is 0 Å². The van der Waals surface area contributed by atoms with Crippen molar-refractivity contribution in [3.8, 4) is 0 Å². The first-order valence-corrected chi connectivity index (χ1v) is 7.07. The van der Waals surface area contributed by atoms with Crippen LogP contribution in [0.1, 0.15) is 31.7 Å². The zero-order valence-electron chi connectivity index (χ0n) is 11.0. The lowest BCUT2D eigenvalue weighted by molar-refractivity contribution is -0.128. The molecule has 0 spiro atoms. The van der Waals surface area contributed by atoms with Crippen LogP contribution in [0, 0.1) is 17.2 Å². The first kappa shape index (κ1) is 12.9. The van der Waals surface area contributed by atoms with Crippen molar-refractivity contribution < 1.29 is 9.18 Å². The quantitative estimate of drug-likeness (QED) is 0.828. The SMILES string of the molecule is C[C@@]1(C2CC2)CC(=O)N(Cc2ccc(F)cc2Cl)C1. The Balaban J connectivity index is 1.74. The van der Waals surface area contributed by atoms with Crippen LogP contribution in [0.5, 0.6) is 0 Å². The van der Waals surface area contributed by atoms with E-state index >= 15 is 0 Å². The van der Waals surface area contributed by atoms with Gasteiger partial charge in [-0.15, -0.1) is 0 Å². The Kier molecular flexibility index (Phi) is 3.05. The average Bonchev–Trinajstić information content (AvgIpc) is 3.12. The Morgan fingerprint density at radius 3 is 2.84 bits per heavy atom. The molecule has 1 aromatic rings. The lowest BCUT2D eigenvalue weighted by Gasteiger charge is -2.24. The topological polar surface area (TPSA) is 20.3 Å². The van der Waals surface area contributed by atoms with Gasteiger partial charge in [-0.05, 0) is 41.9 Å². The van der Waals surface area contributed by atoms with E-state index in [9.17, 15) is 9.18 Å². The Labute approximate surface area is 117 Å². The highest BCUT2D eigenvalue weighted by Crippen LogP contribution is 2.51. The van der Waals surface area contributed by atoms with E-state index in [1.54, 1.807) is 6.07 Å². The predicted octanol–water partition coefficient (Wildman–Crippen LogP) is 3.63. The van der Waals surface area contributed by atoms with E-state index in [2.05, 4.69) is 6.92 Å². The van der Waals surface area contributed by atoms with E-state index in [1.807, 2.05) is 4.90 Å². The average molecular weight is 282 g/mol. The second-order valence-electron chi connectivity index (χ2n) is 6.09. The molecule has 2 fully saturated rings. The highest BCUT2D eigenvalue weighted by molar-refractivity contribution is 6.31. The second kappa shape index (κ2) is 4.48. The van der Waals surface area contributed by atoms with E-state index in [1.165, 1.54) is 25.0 Å². The molecule has 19 heavy (non-hydrogen) atoms. The number of rotatable bonds is 3. The van der Waals surface area contributed by atoms with Crippen LogP contribution in [0.3, 0.4) is 0 Å². The van der Waals surface area contributed by atoms with Crippen molar-refractivity contribution in [2.24, 2.45) is 11.3 Å². The van der Waals surface area contributed by atoms with Gasteiger partial charge >= 0.3 is 0 Å². The van der Waals surface area contributed by atoms with Crippen LogP contribution < -0.4 is 0 Å². The van der Waals surface area contributed by atoms with Crippen molar-refractivity contribution in [1.82, 2.24) is 4.90 Å². The van der Waals surface area contributed by atoms with E-state index in [0.29, 0.717) is 23.9 Å². The number of likely N-dealkylation sites (tertiary alicyclic amines) is 1. The van der Waals surface area contributed by atoms with E-state index in [4.69, 9.17) is 11.6 Å². The number of carbonyl (C=O) groups excluding carboxylic acids is 1. The molecular formula is C15H17ClFNO. The van der Waals surface area contributed by atoms with Gasteiger partial charge in [0, 0.05) is 24.5 Å². The molecule has 0 N–H and O–H groups in total. The second-order valence-corrected chi connectivity index (χ2v) is 6.50. The summed E-state index contributed by atoms with van der Waals surface area (Å²) in [4.78, 5) is 14.0. The molecular weight excluding hydrogens is 265 g/mol. The molecule has 4 heteroatoms. The van der Waals surface area contributed by atoms with Crippen LogP contribution in [0.4, 0.5) is 4.39 Å². The van der Waals surface area contributed by atoms with Crippen molar-refractivity contribution in [3.63, 3.8) is 0 Å². The van der Waals surface area contributed by atoms with Gasteiger partial charge in [-0.1, -0.05) is 24.6 Å². The molecule has 102 valence electrons. The van der Waals surface area contributed by atoms with Gasteiger partial charge in [0.05, 0.1) is 0 Å². The maximum absolute atomic E-state index is 13.0. The van der Waals surface area contributed by atoms with Crippen molar-refractivity contribution in [2.45, 2.75) is 32.7 Å². The van der Waals surface area contributed by atoms with Crippen LogP contribution in [0.25, 0.3) is 0 Å². The van der Waals surface area contributed by atoms with Crippen LogP contribution in [0.15, 0.2) is 18.2 Å². The summed E-state index contributed by atoms with van der Waals surface area (Å²) in [5.74, 6) is 0.546. The molecule has 2 aliphatic rings. The molecule has 3 rings (SSSR count). The third kappa shape index (κ3) is 2.48. The summed E-state index contributed by atoms with van der Waals surface area (Å²) < 4.78 is 13.0. The minimum atomic E-state index is -0.343. The van der Waals surface area contributed by atoms with Crippen molar-refractivity contribution in [3.05, 3.63) is 34.6 Å². The molecule has 0 aromatic heterocycles. The van der Waals surface area contributed by atoms with Gasteiger partial charge in [0.2, 0.25) is 5.91 Å². The molecule has 0 bridgehead atoms. The van der Waals surface area contributed by atoms with Crippen LogP contribution in [0.2, 0.25) is 5.02 Å². The molecule has 1 saturated carbocycles. The zero-order chi connectivity index (χ0) is 13.6. The van der Waals surface area contributed by atoms with Gasteiger partial charge in [-0.3, -0.25) is 4.79 Å². The summed E-state index contributed by atoms with van der Waals surface area (Å²) in [6.45, 7) is 3.49. The Hall–Kier alpha value is -1.09. The fraction of sp³-hybridized carbons (Fsp3) is 0.533. The van der Waals surface area contributed by atoms with Crippen LogP contribution in [-0.2, 0) is 11.3 Å². The van der Waals surface area contributed by atoms with Gasteiger partial charge < -0.3 is 4.90 Å². The normalized spacial score (nSPS) is 27.1. The van der Waals surface area contributed by atoms with Crippen molar-refractivity contribution in [1.29, 1.82) is 0 Å². The number of hydrogen-bond acceptors (Lipinski definition) is 1. The number of nitrogens with zero attached hydrogens (tertiary/aromatic N) is 1. The fourth-order valence-electron chi connectivity index (χ4n) is 3.09. The molecule has 1 aliphatic heterocycles. The molecule has 0 radical (unpaired) electrons. The molecule has 1 aliphatic carbocycles. The Morgan fingerprint density at radius 1 is 1.47 bits per heavy atom. The smallest absolute Gasteiger partial charge is 0.223 e. The molecule has 1 amide bonds. The summed E-state index contributed by atoms with van der Waals surface area (Å²) in [5.41, 5.74) is 0.945. The summed E-state index contributed by atoms with van der Waals surface area (Å²) >= 11 is 6.02. The predicted molar refractivity (Wildman–Crippen MR) is 72.3 cm³/mol. The molecule has 2 nitrogen and oxygen atoms in total. The van der Waals surface area contributed by atoms with Gasteiger partial charge in [-0.25, -0.2) is 4.39 Å². The van der Waals surface area contributed by atoms with Crippen LogP contribution >= 0.6 is 11.6 Å². The largest absolute Gasteiger partial charge is 0.338 e. The molecule has 0 unspecified atom stereocenters. The van der Waals surface area contributed by atoms with Gasteiger partial charge in [0.15, 0.2) is 0 Å². The van der Waals surface area contributed by atoms with Crippen molar-refractivity contribution in [2.75, 3.05) is 6.54 Å². The highest BCUT2D eigenvalue weighted by atomic mass is 35.5. The summed E-state index contributed by atoms with van der Waals surface area (Å²) in [6.07, 6.45) is 3.13. The first-order chi connectivity index (χ1) is 8.98. The lowest BCUT2D eigenvalue weighted by atomic mass is 9.84. The van der Waals surface area contributed by atoms with E-state index in [-0.39, 0.29) is 17.1 Å². The maximum atomic E-state index is 13.0. The molecule has 1 aromatic carbocycles. The van der Waals surface area contributed by atoms with E-state index in [0.717, 1.165) is 12.1 Å². The van der Waals surface area contributed by atoms with Crippen molar-refractivity contribution >= 4 is 17.5 Å². The molecule has 1 heterocycles. The number of halogens is 2. The Bertz CT molecular complexity index is 529. The lowest BCUT2D eigenvalue weighted by Crippen LogP contribution is -2.27. The fourth-order valence-corrected chi connectivity index (χ4v) is 3.32. The van der Waals surface area contributed by atoms with Gasteiger partial charge in [0.25, 0.3) is 0 Å². The van der Waals surface area contributed by atoms with E-state index < -0.39 is 0 Å². The first-order valence-electron chi connectivity index (χ1n) is 6.70. The highest BCUT2D eigenvalue weighted by Gasteiger charge is 2.48. The number of benzene rings is 1. The third-order valence-corrected chi connectivity index (χ3v) is 4.75. The number of carbonyl (C=O) groups is 1. The Morgan fingerprint density at radius 2 is 2.21 bits per heavy atom. The number of hydrogen-bond donors (Lipinski definition) is 0. The zero-order valence-corrected chi connectivity index (χ0v) is 11.7. The number of amides is 1. The standard InChI is InChI=1S/C15H17ClFNO/c1-15(11-3-4-11)7-14(19)18(9-15)8-10-2-5-12(17)6-13(10)16/h2,5-6,11H,3-4,7-9H2,1H3/t15-/m1/s1. The molecule has 1 atom stereocenters. The summed E-state index contributed by atoms with van der Waals surface area (Å²) in [6, 6.07) is 4.36. The summed E-state index contributed by atoms with van der Waals surface area (Å²) in [5, 5.41) is 0.396. The molecule has 1 saturated heterocycles. The third-order valence-electron chi connectivity index (χ3n) is 4.40.